The molecule has 1 aromatic carbocycles. The Kier molecular flexibility index (Phi) is 7.45. The summed E-state index contributed by atoms with van der Waals surface area (Å²) < 4.78 is 4.86. The molecule has 0 saturated carbocycles. The van der Waals surface area contributed by atoms with Crippen LogP contribution in [0.5, 0.6) is 0 Å². The molecular weight excluding hydrogens is 294 g/mol. The lowest BCUT2D eigenvalue weighted by atomic mass is 10.0. The van der Waals surface area contributed by atoms with Gasteiger partial charge in [0.15, 0.2) is 0 Å². The minimum absolute atomic E-state index is 0.0540. The van der Waals surface area contributed by atoms with E-state index in [4.69, 9.17) is 4.74 Å². The average molecular weight is 319 g/mol. The van der Waals surface area contributed by atoms with E-state index >= 15 is 0 Å². The summed E-state index contributed by atoms with van der Waals surface area (Å²) in [4.78, 5) is 36.9. The summed E-state index contributed by atoms with van der Waals surface area (Å²) in [5.74, 6) is -0.306. The van der Waals surface area contributed by atoms with Crippen molar-refractivity contribution in [3.63, 3.8) is 0 Å². The Labute approximate surface area is 137 Å². The van der Waals surface area contributed by atoms with E-state index in [1.165, 1.54) is 7.11 Å². The number of unbranched alkanes of at least 4 members (excludes halogenated alkanes) is 1. The van der Waals surface area contributed by atoms with E-state index in [1.54, 1.807) is 11.0 Å². The number of amides is 1. The van der Waals surface area contributed by atoms with Gasteiger partial charge in [-0.05, 0) is 30.9 Å². The maximum Gasteiger partial charge on any atom is 0.340 e. The van der Waals surface area contributed by atoms with Crippen molar-refractivity contribution in [1.29, 1.82) is 0 Å². The van der Waals surface area contributed by atoms with Crippen LogP contribution in [0.4, 0.5) is 5.69 Å². The molecule has 5 nitrogen and oxygen atoms in total. The van der Waals surface area contributed by atoms with Crippen LogP contribution in [0.25, 0.3) is 0 Å². The van der Waals surface area contributed by atoms with Crippen molar-refractivity contribution < 1.29 is 19.1 Å². The van der Waals surface area contributed by atoms with E-state index in [0.717, 1.165) is 11.8 Å². The highest BCUT2D eigenvalue weighted by Gasteiger charge is 2.23. The Bertz CT molecular complexity index is 566. The number of ether oxygens (including phenoxy) is 1. The van der Waals surface area contributed by atoms with Gasteiger partial charge in [0.2, 0.25) is 5.91 Å². The first-order valence-corrected chi connectivity index (χ1v) is 7.84. The van der Waals surface area contributed by atoms with Gasteiger partial charge < -0.3 is 14.4 Å². The molecule has 0 aliphatic carbocycles. The number of carbonyl (C=O) groups excluding carboxylic acids is 3. The Morgan fingerprint density at radius 3 is 2.57 bits per heavy atom. The Morgan fingerprint density at radius 2 is 2.00 bits per heavy atom. The molecule has 0 radical (unpaired) electrons. The van der Waals surface area contributed by atoms with E-state index in [9.17, 15) is 14.4 Å². The average Bonchev–Trinajstić information content (AvgIpc) is 2.50. The molecule has 23 heavy (non-hydrogen) atoms. The fourth-order valence-electron chi connectivity index (χ4n) is 2.42. The van der Waals surface area contributed by atoms with Crippen LogP contribution >= 0.6 is 0 Å². The molecule has 5 heteroatoms. The van der Waals surface area contributed by atoms with Crippen LogP contribution in [-0.2, 0) is 14.3 Å². The first kappa shape index (κ1) is 18.9. The number of hydrogen-bond acceptors (Lipinski definition) is 4. The van der Waals surface area contributed by atoms with Crippen LogP contribution < -0.4 is 4.90 Å². The van der Waals surface area contributed by atoms with Crippen molar-refractivity contribution >= 4 is 23.9 Å². The number of carbonyl (C=O) groups is 3. The van der Waals surface area contributed by atoms with Gasteiger partial charge in [-0.3, -0.25) is 4.79 Å². The van der Waals surface area contributed by atoms with Crippen molar-refractivity contribution in [2.75, 3.05) is 18.6 Å². The van der Waals surface area contributed by atoms with E-state index in [1.807, 2.05) is 32.9 Å². The highest BCUT2D eigenvalue weighted by atomic mass is 16.5. The van der Waals surface area contributed by atoms with Crippen molar-refractivity contribution in [3.05, 3.63) is 29.3 Å². The second kappa shape index (κ2) is 9.08. The number of esters is 1. The van der Waals surface area contributed by atoms with Gasteiger partial charge in [0.25, 0.3) is 0 Å². The molecule has 0 aliphatic rings. The smallest absolute Gasteiger partial charge is 0.340 e. The first-order chi connectivity index (χ1) is 10.9. The zero-order valence-corrected chi connectivity index (χ0v) is 14.3. The normalized spacial score (nSPS) is 10.5. The van der Waals surface area contributed by atoms with Crippen LogP contribution in [0, 0.1) is 12.8 Å². The molecule has 1 aromatic rings. The number of nitrogens with zero attached hydrogens (tertiary/aromatic N) is 1. The highest BCUT2D eigenvalue weighted by Crippen LogP contribution is 2.26. The van der Waals surface area contributed by atoms with Crippen LogP contribution in [0.1, 0.15) is 49.0 Å². The highest BCUT2D eigenvalue weighted by molar-refractivity contribution is 6.03. The lowest BCUT2D eigenvalue weighted by Crippen LogP contribution is -2.34. The number of anilines is 1. The monoisotopic (exact) mass is 319 g/mol. The summed E-state index contributed by atoms with van der Waals surface area (Å²) >= 11 is 0. The lowest BCUT2D eigenvalue weighted by Gasteiger charge is -2.26. The summed E-state index contributed by atoms with van der Waals surface area (Å²) in [6.45, 7) is 6.15. The van der Waals surface area contributed by atoms with Crippen LogP contribution in [-0.4, -0.2) is 31.8 Å². The third-order valence-electron chi connectivity index (χ3n) is 3.52. The zero-order valence-electron chi connectivity index (χ0n) is 14.3. The molecule has 0 aromatic heterocycles. The molecule has 0 N–H and O–H groups in total. The first-order valence-electron chi connectivity index (χ1n) is 7.84. The molecule has 0 spiro atoms. The Hall–Kier alpha value is -2.17. The predicted molar refractivity (Wildman–Crippen MR) is 89.6 cm³/mol. The number of rotatable bonds is 8. The third kappa shape index (κ3) is 5.20. The number of benzene rings is 1. The van der Waals surface area contributed by atoms with Gasteiger partial charge in [-0.25, -0.2) is 4.79 Å². The van der Waals surface area contributed by atoms with Crippen LogP contribution in [0.2, 0.25) is 0 Å². The van der Waals surface area contributed by atoms with Crippen LogP contribution in [0.3, 0.4) is 0 Å². The zero-order chi connectivity index (χ0) is 17.4. The second-order valence-corrected chi connectivity index (χ2v) is 5.91. The van der Waals surface area contributed by atoms with Gasteiger partial charge in [0, 0.05) is 19.4 Å². The van der Waals surface area contributed by atoms with Crippen molar-refractivity contribution in [2.24, 2.45) is 5.92 Å². The molecule has 0 atom stereocenters. The number of hydrogen-bond donors (Lipinski definition) is 0. The van der Waals surface area contributed by atoms with E-state index in [2.05, 4.69) is 0 Å². The van der Waals surface area contributed by atoms with E-state index < -0.39 is 5.97 Å². The minimum Gasteiger partial charge on any atom is -0.465 e. The predicted octanol–water partition coefficient (Wildman–Crippen LogP) is 3.14. The molecule has 0 heterocycles. The lowest BCUT2D eigenvalue weighted by molar-refractivity contribution is -0.119. The number of methoxy groups -OCH3 is 1. The molecule has 0 bridgehead atoms. The number of aldehydes is 1. The second-order valence-electron chi connectivity index (χ2n) is 5.91. The Morgan fingerprint density at radius 1 is 1.30 bits per heavy atom. The van der Waals surface area contributed by atoms with Gasteiger partial charge >= 0.3 is 5.97 Å². The Balaban J connectivity index is 3.24. The van der Waals surface area contributed by atoms with Crippen molar-refractivity contribution in [2.45, 2.75) is 40.0 Å². The fraction of sp³-hybridized carbons (Fsp3) is 0.500. The van der Waals surface area contributed by atoms with Gasteiger partial charge in [-0.1, -0.05) is 26.0 Å². The molecule has 0 fully saturated rings. The quantitative estimate of drug-likeness (QED) is 0.419. The third-order valence-corrected chi connectivity index (χ3v) is 3.52. The topological polar surface area (TPSA) is 63.7 Å². The summed E-state index contributed by atoms with van der Waals surface area (Å²) in [5.41, 5.74) is 1.71. The summed E-state index contributed by atoms with van der Waals surface area (Å²) in [6, 6.07) is 5.37. The molecular formula is C18H25NO4. The summed E-state index contributed by atoms with van der Waals surface area (Å²) in [6.07, 6.45) is 2.16. The number of aryl methyl sites for hydroxylation is 1. The van der Waals surface area contributed by atoms with Gasteiger partial charge in [0.05, 0.1) is 18.4 Å². The van der Waals surface area contributed by atoms with Crippen molar-refractivity contribution in [3.8, 4) is 0 Å². The van der Waals surface area contributed by atoms with Gasteiger partial charge in [-0.2, -0.15) is 0 Å². The summed E-state index contributed by atoms with van der Waals surface area (Å²) in [7, 11) is 1.32. The van der Waals surface area contributed by atoms with E-state index in [-0.39, 0.29) is 11.8 Å². The van der Waals surface area contributed by atoms with E-state index in [0.29, 0.717) is 37.1 Å². The standard InChI is InChI=1S/C18H25NO4/c1-13(2)12-16(21)19(10-5-6-11-20)15-9-7-8-14(3)17(15)18(22)23-4/h7-9,11,13H,5-6,10,12H2,1-4H3. The molecule has 126 valence electrons. The molecule has 1 amide bonds. The minimum atomic E-state index is -0.462. The maximum absolute atomic E-state index is 12.6. The molecule has 0 aliphatic heterocycles. The fourth-order valence-corrected chi connectivity index (χ4v) is 2.42. The SMILES string of the molecule is COC(=O)c1c(C)cccc1N(CCCC=O)C(=O)CC(C)C. The molecule has 0 unspecified atom stereocenters. The molecule has 0 saturated heterocycles. The van der Waals surface area contributed by atoms with Crippen molar-refractivity contribution in [1.82, 2.24) is 0 Å². The largest absolute Gasteiger partial charge is 0.465 e. The van der Waals surface area contributed by atoms with Crippen LogP contribution in [0.15, 0.2) is 18.2 Å². The summed E-state index contributed by atoms with van der Waals surface area (Å²) in [5, 5.41) is 0. The molecule has 1 rings (SSSR count). The maximum atomic E-state index is 12.6. The van der Waals surface area contributed by atoms with Gasteiger partial charge in [0.1, 0.15) is 6.29 Å². The van der Waals surface area contributed by atoms with Gasteiger partial charge in [-0.15, -0.1) is 0 Å².